The Labute approximate surface area is 163 Å². The fourth-order valence-corrected chi connectivity index (χ4v) is 2.98. The van der Waals surface area contributed by atoms with Crippen molar-refractivity contribution in [2.75, 3.05) is 18.0 Å². The average Bonchev–Trinajstić information content (AvgIpc) is 3.27. The molecule has 4 rings (SSSR count). The molecule has 1 aliphatic heterocycles. The zero-order valence-corrected chi connectivity index (χ0v) is 15.1. The molecule has 150 valence electrons. The molecule has 0 saturated carbocycles. The van der Waals surface area contributed by atoms with Gasteiger partial charge in [0, 0.05) is 23.9 Å². The van der Waals surface area contributed by atoms with Crippen molar-refractivity contribution in [3.05, 3.63) is 47.6 Å². The number of hydrogen-bond acceptors (Lipinski definition) is 9. The van der Waals surface area contributed by atoms with E-state index in [9.17, 15) is 14.4 Å². The summed E-state index contributed by atoms with van der Waals surface area (Å²) in [5, 5.41) is 30.8. The zero-order valence-electron chi connectivity index (χ0n) is 15.1. The minimum Gasteiger partial charge on any atom is -0.762 e. The minimum absolute atomic E-state index is 0.0261. The van der Waals surface area contributed by atoms with Crippen LogP contribution >= 0.6 is 0 Å². The molecule has 1 aliphatic rings. The Morgan fingerprint density at radius 2 is 2.21 bits per heavy atom. The smallest absolute Gasteiger partial charge is 0.414 e. The van der Waals surface area contributed by atoms with Crippen molar-refractivity contribution in [1.82, 2.24) is 30.4 Å². The summed E-state index contributed by atoms with van der Waals surface area (Å²) < 4.78 is 19.7. The van der Waals surface area contributed by atoms with Crippen LogP contribution in [0.5, 0.6) is 0 Å². The summed E-state index contributed by atoms with van der Waals surface area (Å²) in [5.74, 6) is -0.199. The molecule has 11 nitrogen and oxygen atoms in total. The summed E-state index contributed by atoms with van der Waals surface area (Å²) in [6.45, 7) is -0.361. The van der Waals surface area contributed by atoms with Gasteiger partial charge in [-0.3, -0.25) is 15.1 Å². The second-order valence-electron chi connectivity index (χ2n) is 6.35. The summed E-state index contributed by atoms with van der Waals surface area (Å²) in [6, 6.07) is 7.63. The van der Waals surface area contributed by atoms with E-state index < -0.39 is 18.0 Å². The maximum absolute atomic E-state index is 14.7. The molecule has 29 heavy (non-hydrogen) atoms. The fraction of sp³-hybridized carbons (Fsp3) is 0.235. The van der Waals surface area contributed by atoms with E-state index >= 15 is 0 Å². The zero-order chi connectivity index (χ0) is 20.5. The molecule has 12 heteroatoms. The van der Waals surface area contributed by atoms with Crippen molar-refractivity contribution in [2.24, 2.45) is 7.05 Å². The average molecular weight is 400 g/mol. The number of tetrazole rings is 1. The van der Waals surface area contributed by atoms with Crippen LogP contribution in [0, 0.1) is 11.0 Å². The lowest BCUT2D eigenvalue weighted by atomic mass is 10.1. The summed E-state index contributed by atoms with van der Waals surface area (Å²) in [6.07, 6.45) is -0.0285. The maximum atomic E-state index is 14.7. The quantitative estimate of drug-likeness (QED) is 0.634. The van der Waals surface area contributed by atoms with Gasteiger partial charge < -0.3 is 15.2 Å². The summed E-state index contributed by atoms with van der Waals surface area (Å²) in [7, 11) is 1.64. The molecule has 0 radical (unpaired) electrons. The fourth-order valence-electron chi connectivity index (χ4n) is 2.98. The number of rotatable bonds is 5. The van der Waals surface area contributed by atoms with E-state index in [0.717, 1.165) is 0 Å². The number of aryl methyl sites for hydroxylation is 1. The normalized spacial score (nSPS) is 16.5. The highest BCUT2D eigenvalue weighted by atomic mass is 19.1. The van der Waals surface area contributed by atoms with E-state index in [1.165, 1.54) is 28.0 Å². The second-order valence-corrected chi connectivity index (χ2v) is 6.35. The lowest BCUT2D eigenvalue weighted by molar-refractivity contribution is -0.0630. The third-order valence-corrected chi connectivity index (χ3v) is 4.31. The number of benzene rings is 1. The molecule has 0 unspecified atom stereocenters. The van der Waals surface area contributed by atoms with Gasteiger partial charge in [0.05, 0.1) is 19.3 Å². The van der Waals surface area contributed by atoms with Crippen LogP contribution in [-0.4, -0.2) is 60.9 Å². The molecule has 1 saturated heterocycles. The van der Waals surface area contributed by atoms with Crippen molar-refractivity contribution < 1.29 is 19.1 Å². The number of halogens is 1. The molecule has 3 aromatic rings. The van der Waals surface area contributed by atoms with E-state index in [0.29, 0.717) is 22.6 Å². The van der Waals surface area contributed by atoms with Crippen LogP contribution in [0.1, 0.15) is 0 Å². The Morgan fingerprint density at radius 1 is 1.38 bits per heavy atom. The highest BCUT2D eigenvalue weighted by molar-refractivity contribution is 5.90. The number of amides is 1. The van der Waals surface area contributed by atoms with Crippen molar-refractivity contribution in [1.29, 1.82) is 0 Å². The van der Waals surface area contributed by atoms with Gasteiger partial charge in [-0.05, 0) is 29.5 Å². The Kier molecular flexibility index (Phi) is 4.88. The number of ether oxygens (including phenoxy) is 1. The molecule has 1 aromatic carbocycles. The highest BCUT2D eigenvalue weighted by Crippen LogP contribution is 2.29. The lowest BCUT2D eigenvalue weighted by Gasteiger charge is -2.21. The summed E-state index contributed by atoms with van der Waals surface area (Å²) in [4.78, 5) is 18.7. The first-order valence-corrected chi connectivity index (χ1v) is 8.53. The highest BCUT2D eigenvalue weighted by Gasteiger charge is 2.32. The van der Waals surface area contributed by atoms with E-state index in [1.807, 2.05) is 0 Å². The van der Waals surface area contributed by atoms with Gasteiger partial charge in [-0.15, -0.1) is 10.2 Å². The van der Waals surface area contributed by atoms with Crippen LogP contribution in [0.2, 0.25) is 0 Å². The van der Waals surface area contributed by atoms with Crippen LogP contribution in [0.3, 0.4) is 0 Å². The SMILES string of the molecule is Cn1nnc(-c2ccc(-c3ccc(N4C[C@H](CN([O-])O)OC4=O)cc3F)cn2)n1. The van der Waals surface area contributed by atoms with E-state index in [-0.39, 0.29) is 24.0 Å². The Morgan fingerprint density at radius 3 is 2.83 bits per heavy atom. The van der Waals surface area contributed by atoms with Gasteiger partial charge in [0.2, 0.25) is 5.82 Å². The third-order valence-electron chi connectivity index (χ3n) is 4.31. The lowest BCUT2D eigenvalue weighted by Crippen LogP contribution is -2.29. The Balaban J connectivity index is 1.54. The largest absolute Gasteiger partial charge is 0.762 e. The maximum Gasteiger partial charge on any atom is 0.414 e. The molecule has 1 amide bonds. The first-order chi connectivity index (χ1) is 13.9. The van der Waals surface area contributed by atoms with Crippen molar-refractivity contribution in [2.45, 2.75) is 6.10 Å². The number of nitrogens with zero attached hydrogens (tertiary/aromatic N) is 7. The summed E-state index contributed by atoms with van der Waals surface area (Å²) in [5.41, 5.74) is 1.61. The minimum atomic E-state index is -0.806. The molecule has 0 aliphatic carbocycles. The van der Waals surface area contributed by atoms with E-state index in [2.05, 4.69) is 20.4 Å². The number of pyridine rings is 1. The predicted octanol–water partition coefficient (Wildman–Crippen LogP) is 1.59. The number of carbonyl (C=O) groups is 1. The molecule has 3 heterocycles. The third kappa shape index (κ3) is 3.89. The second kappa shape index (κ2) is 7.50. The van der Waals surface area contributed by atoms with Crippen LogP contribution in [0.25, 0.3) is 22.6 Å². The van der Waals surface area contributed by atoms with Crippen molar-refractivity contribution >= 4 is 11.8 Å². The van der Waals surface area contributed by atoms with Crippen molar-refractivity contribution in [3.8, 4) is 22.6 Å². The Bertz CT molecular complexity index is 1040. The van der Waals surface area contributed by atoms with Crippen LogP contribution < -0.4 is 4.90 Å². The van der Waals surface area contributed by atoms with E-state index in [1.54, 1.807) is 25.2 Å². The molecular formula is C17H15FN7O4-. The first-order valence-electron chi connectivity index (χ1n) is 8.53. The number of cyclic esters (lactones) is 1. The number of hydrogen-bond donors (Lipinski definition) is 1. The van der Waals surface area contributed by atoms with Gasteiger partial charge >= 0.3 is 6.09 Å². The number of aromatic nitrogens is 5. The molecule has 0 bridgehead atoms. The van der Waals surface area contributed by atoms with Gasteiger partial charge in [-0.1, -0.05) is 6.07 Å². The molecule has 2 aromatic heterocycles. The number of hydroxylamine groups is 2. The predicted molar refractivity (Wildman–Crippen MR) is 96.9 cm³/mol. The molecule has 1 atom stereocenters. The van der Waals surface area contributed by atoms with Gasteiger partial charge in [-0.2, -0.15) is 4.80 Å². The molecule has 1 fully saturated rings. The van der Waals surface area contributed by atoms with E-state index in [4.69, 9.17) is 9.94 Å². The standard InChI is InChI=1S/C17H15FN7O4/c1-23-21-16(20-22-23)15-5-2-10(7-19-15)13-4-3-11(6-14(13)18)24-8-12(9-25(27)28)29-17(24)26/h2-7,12,27H,8-9H2,1H3/q-1/t12-/m1/s1. The van der Waals surface area contributed by atoms with Gasteiger partial charge in [0.1, 0.15) is 17.6 Å². The van der Waals surface area contributed by atoms with Gasteiger partial charge in [0.15, 0.2) is 0 Å². The number of anilines is 1. The monoisotopic (exact) mass is 400 g/mol. The number of carbonyl (C=O) groups excluding carboxylic acids is 1. The first kappa shape index (κ1) is 18.9. The Hall–Kier alpha value is -3.48. The molecule has 0 spiro atoms. The molecule has 1 N–H and O–H groups in total. The topological polar surface area (TPSA) is 133 Å². The van der Waals surface area contributed by atoms with Crippen LogP contribution in [-0.2, 0) is 11.8 Å². The summed E-state index contributed by atoms with van der Waals surface area (Å²) >= 11 is 0. The van der Waals surface area contributed by atoms with Gasteiger partial charge in [-0.25, -0.2) is 9.18 Å². The van der Waals surface area contributed by atoms with Crippen LogP contribution in [0.4, 0.5) is 14.9 Å². The van der Waals surface area contributed by atoms with Gasteiger partial charge in [0.25, 0.3) is 0 Å². The molecular weight excluding hydrogens is 385 g/mol. The van der Waals surface area contributed by atoms with Crippen molar-refractivity contribution in [3.63, 3.8) is 0 Å². The van der Waals surface area contributed by atoms with Crippen LogP contribution in [0.15, 0.2) is 36.5 Å².